The van der Waals surface area contributed by atoms with Crippen LogP contribution in [0.1, 0.15) is 27.7 Å². The molecule has 12 heavy (non-hydrogen) atoms. The minimum absolute atomic E-state index is 0.324. The van der Waals surface area contributed by atoms with Crippen LogP contribution in [0.15, 0.2) is 4.99 Å². The van der Waals surface area contributed by atoms with Crippen molar-refractivity contribution in [3.63, 3.8) is 0 Å². The summed E-state index contributed by atoms with van der Waals surface area (Å²) in [6, 6.07) is 0.324. The Morgan fingerprint density at radius 3 is 2.33 bits per heavy atom. The van der Waals surface area contributed by atoms with E-state index in [4.69, 9.17) is 5.73 Å². The fraction of sp³-hybridized carbons (Fsp3) is 0.889. The molecule has 2 nitrogen and oxygen atoms in total. The number of nitrogens with two attached hydrogens (primary N) is 1. The Balaban J connectivity index is 3.50. The normalized spacial score (nSPS) is 13.0. The lowest BCUT2D eigenvalue weighted by Crippen LogP contribution is -2.17. The van der Waals surface area contributed by atoms with Crippen LogP contribution in [0.5, 0.6) is 0 Å². The van der Waals surface area contributed by atoms with Gasteiger partial charge in [-0.25, -0.2) is 0 Å². The van der Waals surface area contributed by atoms with Crippen molar-refractivity contribution in [3.8, 4) is 0 Å². The third-order valence-corrected chi connectivity index (χ3v) is 2.53. The third kappa shape index (κ3) is 7.92. The van der Waals surface area contributed by atoms with E-state index in [2.05, 4.69) is 18.8 Å². The van der Waals surface area contributed by atoms with Crippen molar-refractivity contribution in [1.29, 1.82) is 0 Å². The molecular formula is C9H20N2S. The number of rotatable bonds is 5. The van der Waals surface area contributed by atoms with Gasteiger partial charge >= 0.3 is 0 Å². The molecule has 0 saturated carbocycles. The van der Waals surface area contributed by atoms with Gasteiger partial charge in [-0.2, -0.15) is 11.8 Å². The van der Waals surface area contributed by atoms with Gasteiger partial charge in [0.15, 0.2) is 0 Å². The summed E-state index contributed by atoms with van der Waals surface area (Å²) in [6.45, 7) is 8.51. The molecule has 0 unspecified atom stereocenters. The second kappa shape index (κ2) is 6.35. The summed E-state index contributed by atoms with van der Waals surface area (Å²) in [5.41, 5.74) is 5.69. The number of thioether (sulfide) groups is 1. The van der Waals surface area contributed by atoms with Crippen LogP contribution >= 0.6 is 11.8 Å². The van der Waals surface area contributed by atoms with Crippen molar-refractivity contribution in [2.24, 2.45) is 16.6 Å². The van der Waals surface area contributed by atoms with Crippen LogP contribution in [-0.2, 0) is 0 Å². The second-order valence-corrected chi connectivity index (χ2v) is 4.65. The molecule has 0 rings (SSSR count). The average Bonchev–Trinajstić information content (AvgIpc) is 1.84. The molecule has 0 heterocycles. The lowest BCUT2D eigenvalue weighted by Gasteiger charge is -2.05. The number of aliphatic imine (C=N–C) groups is 1. The molecule has 0 spiro atoms. The topological polar surface area (TPSA) is 38.4 Å². The number of hydrogen-bond acceptors (Lipinski definition) is 2. The maximum atomic E-state index is 5.69. The maximum Gasteiger partial charge on any atom is 0.104 e. The zero-order chi connectivity index (χ0) is 9.56. The molecule has 0 radical (unpaired) electrons. The number of amidine groups is 1. The van der Waals surface area contributed by atoms with E-state index in [-0.39, 0.29) is 0 Å². The van der Waals surface area contributed by atoms with Crippen LogP contribution in [-0.4, -0.2) is 23.4 Å². The summed E-state index contributed by atoms with van der Waals surface area (Å²) in [7, 11) is 0. The van der Waals surface area contributed by atoms with Gasteiger partial charge in [-0.3, -0.25) is 4.99 Å². The quantitative estimate of drug-likeness (QED) is 0.530. The van der Waals surface area contributed by atoms with Gasteiger partial charge in [0, 0.05) is 6.04 Å². The molecule has 0 aliphatic rings. The van der Waals surface area contributed by atoms with E-state index >= 15 is 0 Å². The molecule has 0 aromatic heterocycles. The molecule has 0 fully saturated rings. The maximum absolute atomic E-state index is 5.69. The first-order valence-electron chi connectivity index (χ1n) is 4.42. The van der Waals surface area contributed by atoms with Crippen LogP contribution in [0.25, 0.3) is 0 Å². The van der Waals surface area contributed by atoms with Crippen LogP contribution in [0, 0.1) is 5.92 Å². The molecule has 2 N–H and O–H groups in total. The smallest absolute Gasteiger partial charge is 0.104 e. The molecule has 0 saturated heterocycles. The van der Waals surface area contributed by atoms with Crippen molar-refractivity contribution < 1.29 is 0 Å². The highest BCUT2D eigenvalue weighted by Gasteiger charge is 1.97. The first-order valence-corrected chi connectivity index (χ1v) is 5.57. The number of hydrogen-bond donors (Lipinski definition) is 1. The Labute approximate surface area is 80.0 Å². The van der Waals surface area contributed by atoms with Crippen LogP contribution in [0.3, 0.4) is 0 Å². The van der Waals surface area contributed by atoms with E-state index in [1.54, 1.807) is 0 Å². The number of nitrogens with zero attached hydrogens (tertiary/aromatic N) is 1. The van der Waals surface area contributed by atoms with Crippen molar-refractivity contribution in [1.82, 2.24) is 0 Å². The largest absolute Gasteiger partial charge is 0.387 e. The van der Waals surface area contributed by atoms with Gasteiger partial charge in [0.05, 0.1) is 5.75 Å². The molecular weight excluding hydrogens is 168 g/mol. The summed E-state index contributed by atoms with van der Waals surface area (Å²) >= 11 is 1.86. The zero-order valence-electron chi connectivity index (χ0n) is 8.50. The van der Waals surface area contributed by atoms with Crippen LogP contribution in [0.2, 0.25) is 0 Å². The fourth-order valence-corrected chi connectivity index (χ4v) is 1.64. The summed E-state index contributed by atoms with van der Waals surface area (Å²) in [6.07, 6.45) is 0. The molecule has 0 aromatic carbocycles. The third-order valence-electron chi connectivity index (χ3n) is 1.13. The van der Waals surface area contributed by atoms with Gasteiger partial charge in [0.1, 0.15) is 5.84 Å². The minimum atomic E-state index is 0.324. The monoisotopic (exact) mass is 188 g/mol. The molecule has 0 amide bonds. The van der Waals surface area contributed by atoms with Gasteiger partial charge in [0.25, 0.3) is 0 Å². The van der Waals surface area contributed by atoms with Gasteiger partial charge in [-0.15, -0.1) is 0 Å². The predicted octanol–water partition coefficient (Wildman–Crippen LogP) is 2.14. The molecule has 0 aliphatic carbocycles. The fourth-order valence-electron chi connectivity index (χ4n) is 0.768. The molecule has 0 aliphatic heterocycles. The van der Waals surface area contributed by atoms with E-state index < -0.39 is 0 Å². The molecule has 0 atom stereocenters. The van der Waals surface area contributed by atoms with Crippen molar-refractivity contribution in [2.75, 3.05) is 11.5 Å². The van der Waals surface area contributed by atoms with E-state index in [1.807, 2.05) is 25.6 Å². The van der Waals surface area contributed by atoms with Crippen LogP contribution < -0.4 is 5.73 Å². The van der Waals surface area contributed by atoms with Gasteiger partial charge in [0.2, 0.25) is 0 Å². The Morgan fingerprint density at radius 1 is 1.33 bits per heavy atom. The lowest BCUT2D eigenvalue weighted by molar-refractivity contribution is 0.751. The minimum Gasteiger partial charge on any atom is -0.387 e. The van der Waals surface area contributed by atoms with Gasteiger partial charge in [-0.1, -0.05) is 13.8 Å². The molecule has 0 aromatic rings. The van der Waals surface area contributed by atoms with Crippen molar-refractivity contribution in [2.45, 2.75) is 33.7 Å². The van der Waals surface area contributed by atoms with Crippen LogP contribution in [0.4, 0.5) is 0 Å². The Hall–Kier alpha value is -0.180. The Kier molecular flexibility index (Phi) is 6.25. The van der Waals surface area contributed by atoms with E-state index in [9.17, 15) is 0 Å². The average molecular weight is 188 g/mol. The molecule has 72 valence electrons. The highest BCUT2D eigenvalue weighted by Crippen LogP contribution is 2.06. The van der Waals surface area contributed by atoms with E-state index in [0.29, 0.717) is 6.04 Å². The van der Waals surface area contributed by atoms with Crippen molar-refractivity contribution in [3.05, 3.63) is 0 Å². The summed E-state index contributed by atoms with van der Waals surface area (Å²) in [4.78, 5) is 4.25. The molecule has 0 bridgehead atoms. The Bertz CT molecular complexity index is 141. The summed E-state index contributed by atoms with van der Waals surface area (Å²) < 4.78 is 0. The first kappa shape index (κ1) is 11.8. The first-order chi connectivity index (χ1) is 5.52. The second-order valence-electron chi connectivity index (χ2n) is 3.62. The lowest BCUT2D eigenvalue weighted by atomic mass is 10.3. The van der Waals surface area contributed by atoms with E-state index in [0.717, 1.165) is 23.3 Å². The molecule has 3 heteroatoms. The van der Waals surface area contributed by atoms with Gasteiger partial charge in [-0.05, 0) is 25.5 Å². The summed E-state index contributed by atoms with van der Waals surface area (Å²) in [5, 5.41) is 0. The highest BCUT2D eigenvalue weighted by atomic mass is 32.2. The van der Waals surface area contributed by atoms with Gasteiger partial charge < -0.3 is 5.73 Å². The van der Waals surface area contributed by atoms with E-state index in [1.165, 1.54) is 0 Å². The Morgan fingerprint density at radius 2 is 1.92 bits per heavy atom. The summed E-state index contributed by atoms with van der Waals surface area (Å²) in [5.74, 6) is 3.54. The zero-order valence-corrected chi connectivity index (χ0v) is 9.32. The SMILES string of the molecule is CC(C)CSCC(N)=NC(C)C. The highest BCUT2D eigenvalue weighted by molar-refractivity contribution is 7.99. The predicted molar refractivity (Wildman–Crippen MR) is 58.9 cm³/mol. The van der Waals surface area contributed by atoms with Crippen molar-refractivity contribution >= 4 is 17.6 Å². The standard InChI is InChI=1S/C9H20N2S/c1-7(2)5-12-6-9(10)11-8(3)4/h7-8H,5-6H2,1-4H3,(H2,10,11).